The van der Waals surface area contributed by atoms with Crippen molar-refractivity contribution in [2.45, 2.75) is 75.7 Å². The lowest BCUT2D eigenvalue weighted by Crippen LogP contribution is -2.69. The van der Waals surface area contributed by atoms with Crippen molar-refractivity contribution >= 4 is 6.16 Å². The van der Waals surface area contributed by atoms with Gasteiger partial charge in [0.05, 0.1) is 23.4 Å². The smallest absolute Gasteiger partial charge is 0.431 e. The van der Waals surface area contributed by atoms with Crippen molar-refractivity contribution in [1.29, 1.82) is 0 Å². The van der Waals surface area contributed by atoms with Crippen LogP contribution in [0.2, 0.25) is 0 Å². The van der Waals surface area contributed by atoms with Gasteiger partial charge in [-0.2, -0.15) is 0 Å². The molecule has 1 N–H and O–H groups in total. The molecular weight excluding hydrogens is 264 g/mol. The average molecular weight is 286 g/mol. The molecule has 6 nitrogen and oxygen atoms in total. The Labute approximate surface area is 118 Å². The monoisotopic (exact) mass is 286 g/mol. The summed E-state index contributed by atoms with van der Waals surface area (Å²) in [5, 5.41) is 10.2. The van der Waals surface area contributed by atoms with E-state index in [0.717, 1.165) is 0 Å². The highest BCUT2D eigenvalue weighted by Crippen LogP contribution is 2.48. The number of aliphatic hydroxyl groups excluding tert-OH is 1. The molecule has 5 atom stereocenters. The largest absolute Gasteiger partial charge is 0.509 e. The van der Waals surface area contributed by atoms with Crippen LogP contribution in [0.3, 0.4) is 0 Å². The molecule has 0 radical (unpaired) electrons. The summed E-state index contributed by atoms with van der Waals surface area (Å²) in [7, 11) is 0. The van der Waals surface area contributed by atoms with Gasteiger partial charge in [-0.05, 0) is 27.7 Å². The molecule has 0 bridgehead atoms. The first kappa shape index (κ1) is 14.1. The van der Waals surface area contributed by atoms with Crippen LogP contribution >= 0.6 is 0 Å². The highest BCUT2D eigenvalue weighted by molar-refractivity contribution is 5.61. The molecule has 3 rings (SSSR count). The van der Waals surface area contributed by atoms with Crippen LogP contribution in [-0.2, 0) is 18.9 Å². The van der Waals surface area contributed by atoms with Crippen LogP contribution in [0.25, 0.3) is 0 Å². The Balaban J connectivity index is 1.87. The van der Waals surface area contributed by atoms with Crippen LogP contribution in [0.15, 0.2) is 0 Å². The van der Waals surface area contributed by atoms with Crippen molar-refractivity contribution in [2.24, 2.45) is 0 Å². The van der Waals surface area contributed by atoms with Crippen molar-refractivity contribution in [3.05, 3.63) is 0 Å². The first-order valence-electron chi connectivity index (χ1n) is 7.04. The number of hydrogen-bond donors (Lipinski definition) is 1. The number of hydrogen-bond acceptors (Lipinski definition) is 6. The Morgan fingerprint density at radius 1 is 1.05 bits per heavy atom. The quantitative estimate of drug-likeness (QED) is 0.678. The Bertz CT molecular complexity index is 435. The zero-order valence-electron chi connectivity index (χ0n) is 12.3. The highest BCUT2D eigenvalue weighted by Gasteiger charge is 2.60. The summed E-state index contributed by atoms with van der Waals surface area (Å²) >= 11 is 0. The molecule has 0 aromatic heterocycles. The third-order valence-corrected chi connectivity index (χ3v) is 4.88. The Hall–Kier alpha value is -0.850. The maximum Gasteiger partial charge on any atom is 0.509 e. The molecule has 0 amide bonds. The lowest BCUT2D eigenvalue weighted by Gasteiger charge is -2.58. The Morgan fingerprint density at radius 3 is 2.45 bits per heavy atom. The summed E-state index contributed by atoms with van der Waals surface area (Å²) in [6.45, 7) is 7.69. The number of fused-ring (bicyclic) bond motifs is 2. The maximum atomic E-state index is 11.4. The molecule has 3 heterocycles. The second kappa shape index (κ2) is 4.08. The van der Waals surface area contributed by atoms with E-state index in [-0.39, 0.29) is 18.8 Å². The fourth-order valence-electron chi connectivity index (χ4n) is 3.34. The zero-order valence-corrected chi connectivity index (χ0v) is 12.3. The molecule has 3 aliphatic rings. The summed E-state index contributed by atoms with van der Waals surface area (Å²) in [5.41, 5.74) is -1.96. The second-order valence-corrected chi connectivity index (χ2v) is 7.03. The van der Waals surface area contributed by atoms with Gasteiger partial charge in [0.1, 0.15) is 18.3 Å². The number of carbonyl (C=O) groups is 1. The van der Waals surface area contributed by atoms with E-state index in [1.807, 2.05) is 27.7 Å². The van der Waals surface area contributed by atoms with Crippen molar-refractivity contribution in [2.75, 3.05) is 6.61 Å². The topological polar surface area (TPSA) is 74.2 Å². The van der Waals surface area contributed by atoms with Gasteiger partial charge in [-0.25, -0.2) is 4.79 Å². The SMILES string of the molecule is CC1(C)O[C@@H]2C[C@]3(C)OC(=O)OC[C@H]3O[C@@]2(C)C[C@H]1O. The first-order chi connectivity index (χ1) is 9.15. The molecule has 0 unspecified atom stereocenters. The summed E-state index contributed by atoms with van der Waals surface area (Å²) in [5.74, 6) is 0. The summed E-state index contributed by atoms with van der Waals surface area (Å²) in [6, 6.07) is 0. The van der Waals surface area contributed by atoms with Crippen molar-refractivity contribution in [3.63, 3.8) is 0 Å². The number of ether oxygens (including phenoxy) is 4. The minimum atomic E-state index is -0.738. The lowest BCUT2D eigenvalue weighted by molar-refractivity contribution is -0.335. The molecule has 0 spiro atoms. The third kappa shape index (κ3) is 2.01. The molecular formula is C14H22O6. The Morgan fingerprint density at radius 2 is 1.75 bits per heavy atom. The second-order valence-electron chi connectivity index (χ2n) is 7.03. The number of cyclic esters (lactones) is 1. The van der Waals surface area contributed by atoms with Crippen LogP contribution < -0.4 is 0 Å². The van der Waals surface area contributed by atoms with Gasteiger partial charge in [0.15, 0.2) is 0 Å². The fourth-order valence-corrected chi connectivity index (χ4v) is 3.34. The van der Waals surface area contributed by atoms with Crippen LogP contribution in [0.4, 0.5) is 4.79 Å². The van der Waals surface area contributed by atoms with Gasteiger partial charge in [-0.15, -0.1) is 0 Å². The average Bonchev–Trinajstić information content (AvgIpc) is 2.29. The molecule has 3 fully saturated rings. The van der Waals surface area contributed by atoms with Gasteiger partial charge in [0.2, 0.25) is 0 Å². The van der Waals surface area contributed by atoms with Crippen molar-refractivity contribution in [1.82, 2.24) is 0 Å². The summed E-state index contributed by atoms with van der Waals surface area (Å²) < 4.78 is 22.4. The summed E-state index contributed by atoms with van der Waals surface area (Å²) in [4.78, 5) is 11.4. The molecule has 0 aromatic carbocycles. The molecule has 0 saturated carbocycles. The van der Waals surface area contributed by atoms with Crippen molar-refractivity contribution < 1.29 is 28.8 Å². The molecule has 6 heteroatoms. The highest BCUT2D eigenvalue weighted by atomic mass is 16.8. The predicted octanol–water partition coefficient (Wildman–Crippen LogP) is 1.39. The normalized spacial score (nSPS) is 50.5. The van der Waals surface area contributed by atoms with Crippen LogP contribution in [-0.4, -0.2) is 53.0 Å². The predicted molar refractivity (Wildman–Crippen MR) is 68.3 cm³/mol. The van der Waals surface area contributed by atoms with Gasteiger partial charge >= 0.3 is 6.16 Å². The van der Waals surface area contributed by atoms with E-state index in [4.69, 9.17) is 18.9 Å². The van der Waals surface area contributed by atoms with E-state index < -0.39 is 29.1 Å². The standard InChI is InChI=1S/C14H22O6/c1-12(2)8(15)5-13(3)9(18-12)6-14(4)10(19-13)7-17-11(16)20-14/h8-10,15H,5-7H2,1-4H3/t8-,9-,10-,13+,14+/m1/s1. The van der Waals surface area contributed by atoms with E-state index >= 15 is 0 Å². The molecule has 3 aliphatic heterocycles. The lowest BCUT2D eigenvalue weighted by atomic mass is 9.74. The minimum Gasteiger partial charge on any atom is -0.431 e. The number of rotatable bonds is 0. The van der Waals surface area contributed by atoms with E-state index in [1.54, 1.807) is 0 Å². The van der Waals surface area contributed by atoms with Crippen molar-refractivity contribution in [3.8, 4) is 0 Å². The van der Waals surface area contributed by atoms with Gasteiger partial charge in [0, 0.05) is 12.8 Å². The van der Waals surface area contributed by atoms with Gasteiger partial charge in [-0.3, -0.25) is 0 Å². The van der Waals surface area contributed by atoms with E-state index in [0.29, 0.717) is 12.8 Å². The molecule has 20 heavy (non-hydrogen) atoms. The van der Waals surface area contributed by atoms with Crippen LogP contribution in [0, 0.1) is 0 Å². The minimum absolute atomic E-state index is 0.178. The van der Waals surface area contributed by atoms with Gasteiger partial charge in [-0.1, -0.05) is 0 Å². The zero-order chi connectivity index (χ0) is 14.8. The van der Waals surface area contributed by atoms with E-state index in [9.17, 15) is 9.90 Å². The molecule has 3 saturated heterocycles. The third-order valence-electron chi connectivity index (χ3n) is 4.88. The van der Waals surface area contributed by atoms with E-state index in [2.05, 4.69) is 0 Å². The number of carbonyl (C=O) groups excluding carboxylic acids is 1. The first-order valence-corrected chi connectivity index (χ1v) is 7.04. The maximum absolute atomic E-state index is 11.4. The van der Waals surface area contributed by atoms with Gasteiger partial charge < -0.3 is 24.1 Å². The fraction of sp³-hybridized carbons (Fsp3) is 0.929. The van der Waals surface area contributed by atoms with Crippen LogP contribution in [0.5, 0.6) is 0 Å². The van der Waals surface area contributed by atoms with Gasteiger partial charge in [0.25, 0.3) is 0 Å². The van der Waals surface area contributed by atoms with Crippen LogP contribution in [0.1, 0.15) is 40.5 Å². The summed E-state index contributed by atoms with van der Waals surface area (Å²) in [6.07, 6.45) is -0.789. The molecule has 0 aliphatic carbocycles. The molecule has 0 aromatic rings. The van der Waals surface area contributed by atoms with E-state index in [1.165, 1.54) is 0 Å². The number of aliphatic hydroxyl groups is 1. The molecule has 114 valence electrons. The Kier molecular flexibility index (Phi) is 2.88.